The Morgan fingerprint density at radius 1 is 0.814 bits per heavy atom. The van der Waals surface area contributed by atoms with Gasteiger partial charge in [0.2, 0.25) is 11.8 Å². The number of aryl methyl sites for hydroxylation is 1. The van der Waals surface area contributed by atoms with Gasteiger partial charge in [-0.15, -0.1) is 0 Å². The van der Waals surface area contributed by atoms with Crippen LogP contribution < -0.4 is 25.4 Å². The molecule has 4 N–H and O–H groups in total. The summed E-state index contributed by atoms with van der Waals surface area (Å²) in [5.41, 5.74) is 7.58. The molecular formula is C49H54N4O6. The van der Waals surface area contributed by atoms with Crippen molar-refractivity contribution in [3.63, 3.8) is 0 Å². The number of carbonyl (C=O) groups is 3. The number of hydrogen-bond acceptors (Lipinski definition) is 8. The van der Waals surface area contributed by atoms with Crippen molar-refractivity contribution < 1.29 is 29.0 Å². The Labute approximate surface area is 346 Å². The average molecular weight is 795 g/mol. The average Bonchev–Trinajstić information content (AvgIpc) is 3.59. The van der Waals surface area contributed by atoms with Crippen LogP contribution in [0.5, 0.6) is 11.5 Å². The molecule has 10 nitrogen and oxygen atoms in total. The summed E-state index contributed by atoms with van der Waals surface area (Å²) in [7, 11) is 0. The monoisotopic (exact) mass is 794 g/mol. The van der Waals surface area contributed by atoms with Crippen LogP contribution in [0.4, 0.5) is 5.69 Å². The number of piperidine rings is 1. The third-order valence-corrected chi connectivity index (χ3v) is 12.2. The maximum Gasteiger partial charge on any atom is 0.255 e. The van der Waals surface area contributed by atoms with Crippen molar-refractivity contribution in [1.82, 2.24) is 15.5 Å². The van der Waals surface area contributed by atoms with Gasteiger partial charge >= 0.3 is 0 Å². The first-order valence-corrected chi connectivity index (χ1v) is 21.2. The number of benzene rings is 4. The van der Waals surface area contributed by atoms with Crippen LogP contribution >= 0.6 is 0 Å². The number of nitrogens with one attached hydrogen (secondary N) is 3. The molecule has 0 radical (unpaired) electrons. The van der Waals surface area contributed by atoms with Gasteiger partial charge in [-0.05, 0) is 121 Å². The zero-order chi connectivity index (χ0) is 40.6. The number of carbonyl (C=O) groups excluding carboxylic acids is 3. The molecular weight excluding hydrogens is 741 g/mol. The van der Waals surface area contributed by atoms with Crippen LogP contribution in [0.2, 0.25) is 0 Å². The molecule has 5 atom stereocenters. The number of aliphatic hydroxyl groups is 1. The predicted octanol–water partition coefficient (Wildman–Crippen LogP) is 7.07. The van der Waals surface area contributed by atoms with Gasteiger partial charge in [0.25, 0.3) is 5.91 Å². The highest BCUT2D eigenvalue weighted by molar-refractivity contribution is 6.05. The summed E-state index contributed by atoms with van der Waals surface area (Å²) in [6, 6.07) is 30.5. The van der Waals surface area contributed by atoms with Crippen LogP contribution in [-0.2, 0) is 29.2 Å². The molecule has 306 valence electrons. The van der Waals surface area contributed by atoms with E-state index >= 15 is 0 Å². The highest BCUT2D eigenvalue weighted by Crippen LogP contribution is 2.47. The van der Waals surface area contributed by atoms with E-state index in [4.69, 9.17) is 9.47 Å². The van der Waals surface area contributed by atoms with Gasteiger partial charge in [0, 0.05) is 49.6 Å². The summed E-state index contributed by atoms with van der Waals surface area (Å²) in [6.45, 7) is 3.39. The molecule has 2 heterocycles. The lowest BCUT2D eigenvalue weighted by Gasteiger charge is -2.38. The van der Waals surface area contributed by atoms with Gasteiger partial charge in [-0.3, -0.25) is 19.7 Å². The second-order valence-corrected chi connectivity index (χ2v) is 16.1. The van der Waals surface area contributed by atoms with Gasteiger partial charge in [0.1, 0.15) is 24.1 Å². The highest BCUT2D eigenvalue weighted by Gasteiger charge is 2.39. The van der Waals surface area contributed by atoms with Crippen molar-refractivity contribution in [1.29, 1.82) is 0 Å². The SMILES string of the molecule is O=C1CCC(N2Cc3cc(NCCNCCC(O)CCOc4ccc([C@@H]5c6ccc(OCc7ccccc7)cc6CC[C@@H]5C5C=CC=CC5)cc4)ccc3C2=O)C(=O)N1. The normalized spacial score (nSPS) is 21.4. The number of ether oxygens (including phenoxy) is 2. The number of allylic oxidation sites excluding steroid dienone is 4. The second kappa shape index (κ2) is 18.9. The Morgan fingerprint density at radius 3 is 2.47 bits per heavy atom. The van der Waals surface area contributed by atoms with Crippen molar-refractivity contribution in [2.45, 2.75) is 76.2 Å². The Balaban J connectivity index is 0.771. The highest BCUT2D eigenvalue weighted by atomic mass is 16.5. The molecule has 1 fully saturated rings. The number of amides is 3. The van der Waals surface area contributed by atoms with Crippen LogP contribution in [0.1, 0.15) is 82.6 Å². The third-order valence-electron chi connectivity index (χ3n) is 12.2. The standard InChI is InChI=1S/C49H54N4O6/c54-39(23-25-50-26-27-51-38-14-19-44-37(29-38)31-53(49(44)57)45-21-22-46(55)52-48(45)56)24-28-58-40-15-11-35(12-16-40)47-42(34-9-5-2-6-10-34)18-13-36-30-41(17-20-43(36)47)59-32-33-7-3-1-4-8-33/h1-9,11-12,14-17,19-20,29-30,34,39,42,45,47,50-51,54H,10,13,18,21-28,31-32H2,(H,52,55,56)/t34?,39?,42-,45?,47+/m1/s1. The van der Waals surface area contributed by atoms with E-state index in [1.54, 1.807) is 11.0 Å². The maximum atomic E-state index is 13.0. The van der Waals surface area contributed by atoms with Gasteiger partial charge < -0.3 is 30.1 Å². The summed E-state index contributed by atoms with van der Waals surface area (Å²) in [4.78, 5) is 38.4. The van der Waals surface area contributed by atoms with E-state index in [0.717, 1.165) is 47.6 Å². The Kier molecular flexibility index (Phi) is 12.8. The number of imide groups is 1. The zero-order valence-electron chi connectivity index (χ0n) is 33.5. The number of fused-ring (bicyclic) bond motifs is 2. The van der Waals surface area contributed by atoms with Gasteiger partial charge in [-0.2, -0.15) is 0 Å². The van der Waals surface area contributed by atoms with Crippen LogP contribution in [0, 0.1) is 11.8 Å². The fourth-order valence-corrected chi connectivity index (χ4v) is 9.06. The smallest absolute Gasteiger partial charge is 0.255 e. The molecule has 59 heavy (non-hydrogen) atoms. The van der Waals surface area contributed by atoms with Crippen molar-refractivity contribution in [2.75, 3.05) is 31.6 Å². The summed E-state index contributed by atoms with van der Waals surface area (Å²) in [6.07, 6.45) is 13.5. The first-order chi connectivity index (χ1) is 28.9. The van der Waals surface area contributed by atoms with E-state index in [1.807, 2.05) is 30.3 Å². The van der Waals surface area contributed by atoms with Crippen molar-refractivity contribution >= 4 is 23.4 Å². The fraction of sp³-hybridized carbons (Fsp3) is 0.367. The van der Waals surface area contributed by atoms with Crippen molar-refractivity contribution in [2.24, 2.45) is 11.8 Å². The Hall–Kier alpha value is -5.71. The molecule has 2 aliphatic carbocycles. The molecule has 3 unspecified atom stereocenters. The quantitative estimate of drug-likeness (QED) is 0.0660. The van der Waals surface area contributed by atoms with E-state index in [2.05, 4.69) is 94.9 Å². The number of rotatable bonds is 17. The van der Waals surface area contributed by atoms with Crippen LogP contribution in [0.15, 0.2) is 115 Å². The Bertz CT molecular complexity index is 2170. The molecule has 10 heteroatoms. The molecule has 1 saturated heterocycles. The summed E-state index contributed by atoms with van der Waals surface area (Å²) < 4.78 is 12.3. The molecule has 8 rings (SSSR count). The molecule has 0 aromatic heterocycles. The minimum atomic E-state index is -0.621. The minimum Gasteiger partial charge on any atom is -0.493 e. The molecule has 3 amide bonds. The lowest BCUT2D eigenvalue weighted by molar-refractivity contribution is -0.136. The molecule has 2 aliphatic heterocycles. The van der Waals surface area contributed by atoms with E-state index in [0.29, 0.717) is 76.1 Å². The number of aliphatic hydroxyl groups excluding tert-OH is 1. The zero-order valence-corrected chi connectivity index (χ0v) is 33.5. The molecule has 0 spiro atoms. The van der Waals surface area contributed by atoms with Gasteiger partial charge in [0.15, 0.2) is 0 Å². The molecule has 4 aliphatic rings. The maximum absolute atomic E-state index is 13.0. The van der Waals surface area contributed by atoms with E-state index in [9.17, 15) is 19.5 Å². The summed E-state index contributed by atoms with van der Waals surface area (Å²) in [5, 5.41) is 19.8. The minimum absolute atomic E-state index is 0.176. The topological polar surface area (TPSA) is 129 Å². The summed E-state index contributed by atoms with van der Waals surface area (Å²) >= 11 is 0. The van der Waals surface area contributed by atoms with Crippen molar-refractivity contribution in [3.05, 3.63) is 149 Å². The van der Waals surface area contributed by atoms with E-state index in [-0.39, 0.29) is 24.2 Å². The lowest BCUT2D eigenvalue weighted by Crippen LogP contribution is -2.52. The second-order valence-electron chi connectivity index (χ2n) is 16.1. The lowest BCUT2D eigenvalue weighted by atomic mass is 9.66. The van der Waals surface area contributed by atoms with Crippen molar-refractivity contribution in [3.8, 4) is 11.5 Å². The van der Waals surface area contributed by atoms with Crippen LogP contribution in [0.25, 0.3) is 0 Å². The van der Waals surface area contributed by atoms with Gasteiger partial charge in [-0.1, -0.05) is 72.8 Å². The first-order valence-electron chi connectivity index (χ1n) is 21.2. The predicted molar refractivity (Wildman–Crippen MR) is 228 cm³/mol. The summed E-state index contributed by atoms with van der Waals surface area (Å²) in [5.74, 6) is 2.12. The Morgan fingerprint density at radius 2 is 1.66 bits per heavy atom. The number of hydrogen-bond donors (Lipinski definition) is 4. The molecule has 0 saturated carbocycles. The van der Waals surface area contributed by atoms with E-state index in [1.165, 1.54) is 16.7 Å². The van der Waals surface area contributed by atoms with Gasteiger partial charge in [0.05, 0.1) is 12.7 Å². The molecule has 0 bridgehead atoms. The van der Waals surface area contributed by atoms with Crippen LogP contribution in [-0.4, -0.2) is 66.1 Å². The molecule has 4 aromatic rings. The number of nitrogens with zero attached hydrogens (tertiary/aromatic N) is 1. The van der Waals surface area contributed by atoms with Crippen LogP contribution in [0.3, 0.4) is 0 Å². The molecule has 4 aromatic carbocycles. The fourth-order valence-electron chi connectivity index (χ4n) is 9.06. The largest absolute Gasteiger partial charge is 0.493 e. The third kappa shape index (κ3) is 9.78. The first kappa shape index (κ1) is 40.1. The van der Waals surface area contributed by atoms with E-state index < -0.39 is 18.1 Å². The van der Waals surface area contributed by atoms with Gasteiger partial charge in [-0.25, -0.2) is 0 Å². The number of anilines is 1.